The van der Waals surface area contributed by atoms with Gasteiger partial charge in [0.2, 0.25) is 0 Å². The van der Waals surface area contributed by atoms with Crippen LogP contribution in [0.1, 0.15) is 30.1 Å². The van der Waals surface area contributed by atoms with Gasteiger partial charge in [0.25, 0.3) is 0 Å². The molecular formula is C11H13BrOS. The highest BCUT2D eigenvalue weighted by atomic mass is 79.9. The maximum Gasteiger partial charge on any atom is 0.151 e. The molecule has 0 spiro atoms. The quantitative estimate of drug-likeness (QED) is 0.455. The fourth-order valence-corrected chi connectivity index (χ4v) is 2.69. The third kappa shape index (κ3) is 3.46. The Morgan fingerprint density at radius 1 is 1.50 bits per heavy atom. The molecule has 0 unspecified atom stereocenters. The molecule has 1 rings (SSSR count). The number of carbonyl (C=O) groups excluding carboxylic acids is 1. The van der Waals surface area contributed by atoms with Crippen LogP contribution >= 0.6 is 27.7 Å². The van der Waals surface area contributed by atoms with Crippen molar-refractivity contribution in [2.24, 2.45) is 0 Å². The van der Waals surface area contributed by atoms with Gasteiger partial charge in [-0.15, -0.1) is 11.8 Å². The number of rotatable bonds is 5. The van der Waals surface area contributed by atoms with E-state index in [9.17, 15) is 4.79 Å². The summed E-state index contributed by atoms with van der Waals surface area (Å²) in [5, 5.41) is 0. The van der Waals surface area contributed by atoms with Gasteiger partial charge in [0.1, 0.15) is 0 Å². The number of hydrogen-bond donors (Lipinski definition) is 0. The zero-order valence-corrected chi connectivity index (χ0v) is 10.5. The normalized spacial score (nSPS) is 10.1. The van der Waals surface area contributed by atoms with Crippen molar-refractivity contribution in [1.82, 2.24) is 0 Å². The van der Waals surface area contributed by atoms with E-state index in [2.05, 4.69) is 22.9 Å². The topological polar surface area (TPSA) is 17.1 Å². The third-order valence-electron chi connectivity index (χ3n) is 1.87. The lowest BCUT2D eigenvalue weighted by molar-refractivity contribution is 0.112. The first-order valence-corrected chi connectivity index (χ1v) is 6.43. The second-order valence-corrected chi connectivity index (χ2v) is 5.03. The number of aldehydes is 1. The van der Waals surface area contributed by atoms with Crippen LogP contribution in [0.4, 0.5) is 0 Å². The van der Waals surface area contributed by atoms with Crippen molar-refractivity contribution in [3.05, 3.63) is 28.2 Å². The maximum atomic E-state index is 10.6. The molecule has 76 valence electrons. The van der Waals surface area contributed by atoms with Gasteiger partial charge in [-0.05, 0) is 30.4 Å². The smallest absolute Gasteiger partial charge is 0.151 e. The Kier molecular flexibility index (Phi) is 5.26. The molecule has 0 aromatic heterocycles. The van der Waals surface area contributed by atoms with Crippen LogP contribution in [0.15, 0.2) is 27.6 Å². The average molecular weight is 273 g/mol. The summed E-state index contributed by atoms with van der Waals surface area (Å²) in [6.45, 7) is 2.19. The summed E-state index contributed by atoms with van der Waals surface area (Å²) in [7, 11) is 0. The van der Waals surface area contributed by atoms with Crippen LogP contribution in [0.2, 0.25) is 0 Å². The van der Waals surface area contributed by atoms with E-state index in [0.717, 1.165) is 16.5 Å². The van der Waals surface area contributed by atoms with E-state index >= 15 is 0 Å². The van der Waals surface area contributed by atoms with Gasteiger partial charge in [-0.2, -0.15) is 0 Å². The highest BCUT2D eigenvalue weighted by molar-refractivity contribution is 9.10. The van der Waals surface area contributed by atoms with Crippen LogP contribution < -0.4 is 0 Å². The molecule has 1 aromatic rings. The first-order chi connectivity index (χ1) is 6.77. The molecule has 0 N–H and O–H groups in total. The Morgan fingerprint density at radius 2 is 2.29 bits per heavy atom. The Balaban J connectivity index is 2.62. The maximum absolute atomic E-state index is 10.6. The fourth-order valence-electron chi connectivity index (χ4n) is 1.03. The van der Waals surface area contributed by atoms with E-state index in [1.807, 2.05) is 30.0 Å². The van der Waals surface area contributed by atoms with Gasteiger partial charge < -0.3 is 0 Å². The standard InChI is InChI=1S/C11H13BrOS/c1-2-3-6-14-10-5-4-9(8-13)11(12)7-10/h4-5,7-8H,2-3,6H2,1H3. The van der Waals surface area contributed by atoms with Gasteiger partial charge in [0, 0.05) is 14.9 Å². The molecule has 1 nitrogen and oxygen atoms in total. The molecule has 1 aromatic carbocycles. The van der Waals surface area contributed by atoms with E-state index in [1.165, 1.54) is 17.7 Å². The van der Waals surface area contributed by atoms with Crippen LogP contribution in [-0.4, -0.2) is 12.0 Å². The number of carbonyl (C=O) groups is 1. The second-order valence-electron chi connectivity index (χ2n) is 3.00. The zero-order valence-electron chi connectivity index (χ0n) is 8.13. The van der Waals surface area contributed by atoms with E-state index in [-0.39, 0.29) is 0 Å². The second kappa shape index (κ2) is 6.25. The molecule has 0 aliphatic carbocycles. The third-order valence-corrected chi connectivity index (χ3v) is 3.63. The Hall–Kier alpha value is -0.280. The van der Waals surface area contributed by atoms with Gasteiger partial charge in [-0.3, -0.25) is 4.79 Å². The van der Waals surface area contributed by atoms with Crippen molar-refractivity contribution < 1.29 is 4.79 Å². The lowest BCUT2D eigenvalue weighted by Gasteiger charge is -2.02. The number of benzene rings is 1. The van der Waals surface area contributed by atoms with E-state index in [0.29, 0.717) is 5.56 Å². The average Bonchev–Trinajstić information content (AvgIpc) is 2.18. The number of thioether (sulfide) groups is 1. The summed E-state index contributed by atoms with van der Waals surface area (Å²) < 4.78 is 0.883. The molecule has 0 atom stereocenters. The van der Waals surface area contributed by atoms with E-state index < -0.39 is 0 Å². The van der Waals surface area contributed by atoms with E-state index in [1.54, 1.807) is 0 Å². The summed E-state index contributed by atoms with van der Waals surface area (Å²) in [5.74, 6) is 1.14. The first kappa shape index (κ1) is 11.8. The van der Waals surface area contributed by atoms with Crippen LogP contribution in [0, 0.1) is 0 Å². The van der Waals surface area contributed by atoms with Gasteiger partial charge in [-0.1, -0.05) is 29.3 Å². The predicted molar refractivity (Wildman–Crippen MR) is 65.2 cm³/mol. The van der Waals surface area contributed by atoms with E-state index in [4.69, 9.17) is 0 Å². The van der Waals surface area contributed by atoms with Crippen molar-refractivity contribution in [1.29, 1.82) is 0 Å². The van der Waals surface area contributed by atoms with Gasteiger partial charge in [-0.25, -0.2) is 0 Å². The summed E-state index contributed by atoms with van der Waals surface area (Å²) >= 11 is 5.20. The predicted octanol–water partition coefficient (Wildman–Crippen LogP) is 4.15. The van der Waals surface area contributed by atoms with Crippen molar-refractivity contribution in [3.8, 4) is 0 Å². The van der Waals surface area contributed by atoms with Crippen molar-refractivity contribution in [3.63, 3.8) is 0 Å². The largest absolute Gasteiger partial charge is 0.298 e. The van der Waals surface area contributed by atoms with Crippen LogP contribution in [0.3, 0.4) is 0 Å². The van der Waals surface area contributed by atoms with Crippen LogP contribution in [0.5, 0.6) is 0 Å². The molecule has 0 aliphatic heterocycles. The van der Waals surface area contributed by atoms with Gasteiger partial charge in [0.05, 0.1) is 0 Å². The zero-order chi connectivity index (χ0) is 10.4. The number of hydrogen-bond acceptors (Lipinski definition) is 2. The Labute approximate surface area is 97.4 Å². The van der Waals surface area contributed by atoms with Crippen molar-refractivity contribution >= 4 is 34.0 Å². The number of unbranched alkanes of at least 4 members (excludes halogenated alkanes) is 1. The molecule has 0 amide bonds. The molecule has 0 saturated carbocycles. The van der Waals surface area contributed by atoms with Crippen LogP contribution in [0.25, 0.3) is 0 Å². The molecule has 3 heteroatoms. The lowest BCUT2D eigenvalue weighted by Crippen LogP contribution is -1.84. The molecule has 0 radical (unpaired) electrons. The Morgan fingerprint density at radius 3 is 2.86 bits per heavy atom. The summed E-state index contributed by atoms with van der Waals surface area (Å²) in [6, 6.07) is 5.85. The lowest BCUT2D eigenvalue weighted by atomic mass is 10.2. The molecule has 0 bridgehead atoms. The highest BCUT2D eigenvalue weighted by Gasteiger charge is 2.00. The van der Waals surface area contributed by atoms with Crippen LogP contribution in [-0.2, 0) is 0 Å². The van der Waals surface area contributed by atoms with Gasteiger partial charge >= 0.3 is 0 Å². The minimum Gasteiger partial charge on any atom is -0.298 e. The fraction of sp³-hybridized carbons (Fsp3) is 0.364. The summed E-state index contributed by atoms with van der Waals surface area (Å²) in [6.07, 6.45) is 3.32. The van der Waals surface area contributed by atoms with Crippen molar-refractivity contribution in [2.75, 3.05) is 5.75 Å². The number of halogens is 1. The minimum atomic E-state index is 0.713. The Bertz CT molecular complexity index is 312. The monoisotopic (exact) mass is 272 g/mol. The molecule has 0 heterocycles. The van der Waals surface area contributed by atoms with Gasteiger partial charge in [0.15, 0.2) is 6.29 Å². The molecule has 0 fully saturated rings. The molecule has 14 heavy (non-hydrogen) atoms. The first-order valence-electron chi connectivity index (χ1n) is 4.65. The SMILES string of the molecule is CCCCSc1ccc(C=O)c(Br)c1. The minimum absolute atomic E-state index is 0.713. The molecule has 0 saturated heterocycles. The van der Waals surface area contributed by atoms with Crippen molar-refractivity contribution in [2.45, 2.75) is 24.7 Å². The summed E-state index contributed by atoms with van der Waals surface area (Å²) in [5.41, 5.74) is 0.713. The molecular weight excluding hydrogens is 260 g/mol. The molecule has 0 aliphatic rings. The highest BCUT2D eigenvalue weighted by Crippen LogP contribution is 2.25. The summed E-state index contributed by atoms with van der Waals surface area (Å²) in [4.78, 5) is 11.8.